The number of anilines is 1. The Labute approximate surface area is 104 Å². The third-order valence-corrected chi connectivity index (χ3v) is 2.33. The molecule has 1 aromatic heterocycles. The number of rotatable bonds is 4. The van der Waals surface area contributed by atoms with E-state index in [-0.39, 0.29) is 17.4 Å². The second-order valence-electron chi connectivity index (χ2n) is 3.57. The maximum absolute atomic E-state index is 11.7. The van der Waals surface area contributed by atoms with Gasteiger partial charge in [-0.3, -0.25) is 4.79 Å². The Balaban J connectivity index is 2.29. The average Bonchev–Trinajstić information content (AvgIpc) is 2.79. The van der Waals surface area contributed by atoms with Gasteiger partial charge in [0, 0.05) is 6.54 Å². The molecule has 0 bridgehead atoms. The number of amides is 1. The monoisotopic (exact) mass is 243 g/mol. The van der Waals surface area contributed by atoms with Gasteiger partial charge in [0.05, 0.1) is 5.69 Å². The number of hydrogen-bond donors (Lipinski definition) is 2. The number of carbonyl (C=O) groups is 1. The van der Waals surface area contributed by atoms with Gasteiger partial charge in [0.1, 0.15) is 0 Å². The van der Waals surface area contributed by atoms with Crippen LogP contribution in [0.2, 0.25) is 0 Å². The van der Waals surface area contributed by atoms with E-state index in [1.54, 1.807) is 6.08 Å². The van der Waals surface area contributed by atoms with Crippen LogP contribution in [0.5, 0.6) is 0 Å². The Bertz CT molecular complexity index is 561. The fourth-order valence-corrected chi connectivity index (χ4v) is 1.46. The van der Waals surface area contributed by atoms with Crippen molar-refractivity contribution >= 4 is 11.7 Å². The van der Waals surface area contributed by atoms with Crippen molar-refractivity contribution in [2.75, 3.05) is 12.3 Å². The smallest absolute Gasteiger partial charge is 0.275 e. The SMILES string of the molecule is C=CCNC(=O)c1nnn(-c2ccccc2)c1N. The summed E-state index contributed by atoms with van der Waals surface area (Å²) in [7, 11) is 0. The minimum atomic E-state index is -0.366. The fraction of sp³-hybridized carbons (Fsp3) is 0.0833. The van der Waals surface area contributed by atoms with Crippen molar-refractivity contribution in [3.05, 3.63) is 48.7 Å². The zero-order valence-electron chi connectivity index (χ0n) is 9.71. The number of nitrogen functional groups attached to an aromatic ring is 1. The maximum Gasteiger partial charge on any atom is 0.275 e. The Morgan fingerprint density at radius 1 is 1.44 bits per heavy atom. The van der Waals surface area contributed by atoms with Gasteiger partial charge in [-0.25, -0.2) is 0 Å². The van der Waals surface area contributed by atoms with Crippen LogP contribution < -0.4 is 11.1 Å². The van der Waals surface area contributed by atoms with Crippen LogP contribution >= 0.6 is 0 Å². The summed E-state index contributed by atoms with van der Waals surface area (Å²) in [4.78, 5) is 11.7. The van der Waals surface area contributed by atoms with E-state index in [1.165, 1.54) is 4.68 Å². The molecule has 0 aliphatic heterocycles. The lowest BCUT2D eigenvalue weighted by molar-refractivity contribution is 0.0954. The highest BCUT2D eigenvalue weighted by atomic mass is 16.2. The molecule has 3 N–H and O–H groups in total. The molecule has 0 spiro atoms. The topological polar surface area (TPSA) is 85.8 Å². The second-order valence-corrected chi connectivity index (χ2v) is 3.57. The highest BCUT2D eigenvalue weighted by Gasteiger charge is 2.17. The number of para-hydroxylation sites is 1. The molecule has 6 nitrogen and oxygen atoms in total. The van der Waals surface area contributed by atoms with E-state index >= 15 is 0 Å². The lowest BCUT2D eigenvalue weighted by atomic mass is 10.3. The van der Waals surface area contributed by atoms with E-state index in [0.29, 0.717) is 6.54 Å². The predicted molar refractivity (Wildman–Crippen MR) is 68.3 cm³/mol. The number of carbonyl (C=O) groups excluding carboxylic acids is 1. The van der Waals surface area contributed by atoms with Crippen LogP contribution in [0.3, 0.4) is 0 Å². The standard InChI is InChI=1S/C12H13N5O/c1-2-8-14-12(18)10-11(13)17(16-15-10)9-6-4-3-5-7-9/h2-7H,1,8,13H2,(H,14,18). The molecule has 2 rings (SSSR count). The fourth-order valence-electron chi connectivity index (χ4n) is 1.46. The van der Waals surface area contributed by atoms with Crippen LogP contribution in [0.1, 0.15) is 10.5 Å². The third-order valence-electron chi connectivity index (χ3n) is 2.33. The molecule has 92 valence electrons. The van der Waals surface area contributed by atoms with Gasteiger partial charge in [0.2, 0.25) is 0 Å². The van der Waals surface area contributed by atoms with E-state index < -0.39 is 0 Å². The van der Waals surface area contributed by atoms with E-state index in [0.717, 1.165) is 5.69 Å². The molecule has 18 heavy (non-hydrogen) atoms. The molecule has 0 saturated heterocycles. The molecule has 1 aromatic carbocycles. The number of aromatic nitrogens is 3. The van der Waals surface area contributed by atoms with Gasteiger partial charge in [0.25, 0.3) is 5.91 Å². The third kappa shape index (κ3) is 2.22. The zero-order chi connectivity index (χ0) is 13.0. The first kappa shape index (κ1) is 11.8. The zero-order valence-corrected chi connectivity index (χ0v) is 9.71. The molecule has 6 heteroatoms. The molecule has 0 fully saturated rings. The minimum Gasteiger partial charge on any atom is -0.382 e. The molecular formula is C12H13N5O. The number of nitrogens with zero attached hydrogens (tertiary/aromatic N) is 3. The minimum absolute atomic E-state index is 0.112. The summed E-state index contributed by atoms with van der Waals surface area (Å²) >= 11 is 0. The summed E-state index contributed by atoms with van der Waals surface area (Å²) in [5.74, 6) is -0.155. The van der Waals surface area contributed by atoms with Gasteiger partial charge in [-0.05, 0) is 12.1 Å². The lowest BCUT2D eigenvalue weighted by Crippen LogP contribution is -2.24. The molecule has 0 aliphatic rings. The molecular weight excluding hydrogens is 230 g/mol. The molecule has 0 saturated carbocycles. The van der Waals surface area contributed by atoms with Gasteiger partial charge >= 0.3 is 0 Å². The summed E-state index contributed by atoms with van der Waals surface area (Å²) in [5.41, 5.74) is 6.73. The van der Waals surface area contributed by atoms with Crippen LogP contribution in [0.4, 0.5) is 5.82 Å². The molecule has 1 amide bonds. The molecule has 0 atom stereocenters. The number of nitrogens with two attached hydrogens (primary N) is 1. The van der Waals surface area contributed by atoms with Gasteiger partial charge in [0.15, 0.2) is 11.5 Å². The van der Waals surface area contributed by atoms with Crippen LogP contribution in [0.15, 0.2) is 43.0 Å². The quantitative estimate of drug-likeness (QED) is 0.776. The summed E-state index contributed by atoms with van der Waals surface area (Å²) in [6.07, 6.45) is 1.58. The Morgan fingerprint density at radius 3 is 2.83 bits per heavy atom. The van der Waals surface area contributed by atoms with Gasteiger partial charge in [-0.15, -0.1) is 11.7 Å². The van der Waals surface area contributed by atoms with Crippen molar-refractivity contribution in [2.24, 2.45) is 0 Å². The van der Waals surface area contributed by atoms with Crippen molar-refractivity contribution in [2.45, 2.75) is 0 Å². The number of hydrogen-bond acceptors (Lipinski definition) is 4. The van der Waals surface area contributed by atoms with Crippen molar-refractivity contribution in [1.82, 2.24) is 20.3 Å². The largest absolute Gasteiger partial charge is 0.382 e. The predicted octanol–water partition coefficient (Wildman–Crippen LogP) is 0.765. The molecule has 0 aliphatic carbocycles. The van der Waals surface area contributed by atoms with E-state index in [1.807, 2.05) is 30.3 Å². The number of benzene rings is 1. The first-order chi connectivity index (χ1) is 8.74. The highest BCUT2D eigenvalue weighted by molar-refractivity contribution is 5.96. The van der Waals surface area contributed by atoms with Crippen LogP contribution in [0, 0.1) is 0 Å². The van der Waals surface area contributed by atoms with Crippen LogP contribution in [-0.2, 0) is 0 Å². The van der Waals surface area contributed by atoms with Crippen molar-refractivity contribution in [3.63, 3.8) is 0 Å². The first-order valence-electron chi connectivity index (χ1n) is 5.39. The van der Waals surface area contributed by atoms with Crippen molar-refractivity contribution < 1.29 is 4.79 Å². The van der Waals surface area contributed by atoms with Crippen molar-refractivity contribution in [3.8, 4) is 5.69 Å². The highest BCUT2D eigenvalue weighted by Crippen LogP contribution is 2.14. The molecule has 0 radical (unpaired) electrons. The Hall–Kier alpha value is -2.63. The van der Waals surface area contributed by atoms with Crippen LogP contribution in [0.25, 0.3) is 5.69 Å². The van der Waals surface area contributed by atoms with Gasteiger partial charge in [-0.2, -0.15) is 4.68 Å². The van der Waals surface area contributed by atoms with E-state index in [2.05, 4.69) is 22.2 Å². The van der Waals surface area contributed by atoms with Crippen molar-refractivity contribution in [1.29, 1.82) is 0 Å². The van der Waals surface area contributed by atoms with Gasteiger partial charge in [-0.1, -0.05) is 29.5 Å². The summed E-state index contributed by atoms with van der Waals surface area (Å²) in [6, 6.07) is 9.25. The summed E-state index contributed by atoms with van der Waals surface area (Å²) < 4.78 is 1.42. The summed E-state index contributed by atoms with van der Waals surface area (Å²) in [6.45, 7) is 3.87. The average molecular weight is 243 g/mol. The van der Waals surface area contributed by atoms with E-state index in [9.17, 15) is 4.79 Å². The Kier molecular flexibility index (Phi) is 3.38. The van der Waals surface area contributed by atoms with Gasteiger partial charge < -0.3 is 11.1 Å². The molecule has 2 aromatic rings. The van der Waals surface area contributed by atoms with E-state index in [4.69, 9.17) is 5.73 Å². The molecule has 0 unspecified atom stereocenters. The van der Waals surface area contributed by atoms with Crippen LogP contribution in [-0.4, -0.2) is 27.4 Å². The molecule has 1 heterocycles. The maximum atomic E-state index is 11.7. The second kappa shape index (κ2) is 5.13. The summed E-state index contributed by atoms with van der Waals surface area (Å²) in [5, 5.41) is 10.3. The first-order valence-corrected chi connectivity index (χ1v) is 5.39. The normalized spacial score (nSPS) is 10.0. The lowest BCUT2D eigenvalue weighted by Gasteiger charge is -2.03. The Morgan fingerprint density at radius 2 is 2.17 bits per heavy atom. The number of nitrogens with one attached hydrogen (secondary N) is 1.